The van der Waals surface area contributed by atoms with Crippen molar-refractivity contribution in [3.63, 3.8) is 0 Å². The number of piperidine rings is 1. The van der Waals surface area contributed by atoms with E-state index in [1.54, 1.807) is 0 Å². The lowest BCUT2D eigenvalue weighted by molar-refractivity contribution is 0.217. The van der Waals surface area contributed by atoms with Gasteiger partial charge in [0, 0.05) is 22.7 Å². The molecular weight excluding hydrogens is 276 g/mol. The summed E-state index contributed by atoms with van der Waals surface area (Å²) in [5.74, 6) is 0.803. The number of rotatable bonds is 4. The molecule has 3 heteroatoms. The lowest BCUT2D eigenvalue weighted by Crippen LogP contribution is -2.48. The van der Waals surface area contributed by atoms with Crippen molar-refractivity contribution < 1.29 is 0 Å². The molecule has 1 saturated carbocycles. The molecule has 2 fully saturated rings. The van der Waals surface area contributed by atoms with Crippen LogP contribution in [-0.2, 0) is 0 Å². The van der Waals surface area contributed by atoms with E-state index >= 15 is 0 Å². The molecule has 0 radical (unpaired) electrons. The van der Waals surface area contributed by atoms with E-state index in [4.69, 9.17) is 0 Å². The highest BCUT2D eigenvalue weighted by molar-refractivity contribution is 7.98. The Balaban J connectivity index is 1.68. The van der Waals surface area contributed by atoms with Gasteiger partial charge in [-0.15, -0.1) is 11.8 Å². The molecular formula is C18H28N2S. The third-order valence-corrected chi connectivity index (χ3v) is 5.83. The fourth-order valence-corrected chi connectivity index (χ4v) is 4.45. The third kappa shape index (κ3) is 3.95. The Morgan fingerprint density at radius 2 is 1.95 bits per heavy atom. The van der Waals surface area contributed by atoms with Crippen LogP contribution in [0.5, 0.6) is 0 Å². The average molecular weight is 305 g/mol. The highest BCUT2D eigenvalue weighted by atomic mass is 32.2. The van der Waals surface area contributed by atoms with E-state index < -0.39 is 0 Å². The molecule has 3 unspecified atom stereocenters. The Morgan fingerprint density at radius 1 is 1.10 bits per heavy atom. The SMILES string of the molecule is CSc1cccc(NC2CCCCC2C2CCCCN2)c1. The zero-order valence-corrected chi connectivity index (χ0v) is 13.9. The topological polar surface area (TPSA) is 24.1 Å². The van der Waals surface area contributed by atoms with Crippen LogP contribution in [0.1, 0.15) is 44.9 Å². The minimum Gasteiger partial charge on any atom is -0.382 e. The van der Waals surface area contributed by atoms with Crippen molar-refractivity contribution in [2.75, 3.05) is 18.1 Å². The van der Waals surface area contributed by atoms with Gasteiger partial charge in [0.25, 0.3) is 0 Å². The standard InChI is InChI=1S/C18H28N2S/c1-21-15-8-6-7-14(13-15)20-18-11-3-2-9-16(18)17-10-4-5-12-19-17/h6-8,13,16-20H,2-5,9-12H2,1H3. The van der Waals surface area contributed by atoms with Gasteiger partial charge >= 0.3 is 0 Å². The largest absolute Gasteiger partial charge is 0.382 e. The van der Waals surface area contributed by atoms with Crippen molar-refractivity contribution in [1.82, 2.24) is 5.32 Å². The molecule has 0 spiro atoms. The fourth-order valence-electron chi connectivity index (χ4n) is 3.99. The maximum Gasteiger partial charge on any atom is 0.0353 e. The molecule has 0 bridgehead atoms. The Labute approximate surface area is 133 Å². The third-order valence-electron chi connectivity index (χ3n) is 5.11. The van der Waals surface area contributed by atoms with Gasteiger partial charge in [0.05, 0.1) is 0 Å². The highest BCUT2D eigenvalue weighted by Crippen LogP contribution is 2.33. The van der Waals surface area contributed by atoms with Gasteiger partial charge in [0.15, 0.2) is 0 Å². The molecule has 1 heterocycles. The van der Waals surface area contributed by atoms with Gasteiger partial charge in [0.1, 0.15) is 0 Å². The molecule has 0 amide bonds. The predicted molar refractivity (Wildman–Crippen MR) is 93.2 cm³/mol. The first-order chi connectivity index (χ1) is 10.4. The number of hydrogen-bond donors (Lipinski definition) is 2. The summed E-state index contributed by atoms with van der Waals surface area (Å²) in [4.78, 5) is 1.35. The van der Waals surface area contributed by atoms with Crippen LogP contribution < -0.4 is 10.6 Å². The van der Waals surface area contributed by atoms with E-state index in [2.05, 4.69) is 41.2 Å². The minimum absolute atomic E-state index is 0.645. The summed E-state index contributed by atoms with van der Waals surface area (Å²) in [5.41, 5.74) is 1.30. The summed E-state index contributed by atoms with van der Waals surface area (Å²) in [6.07, 6.45) is 11.8. The van der Waals surface area contributed by atoms with Gasteiger partial charge in [0.2, 0.25) is 0 Å². The molecule has 2 N–H and O–H groups in total. The Kier molecular flexibility index (Phi) is 5.48. The molecule has 2 nitrogen and oxygen atoms in total. The van der Waals surface area contributed by atoms with Crippen molar-refractivity contribution in [2.24, 2.45) is 5.92 Å². The summed E-state index contributed by atoms with van der Waals surface area (Å²) >= 11 is 1.82. The first-order valence-electron chi connectivity index (χ1n) is 8.51. The van der Waals surface area contributed by atoms with Gasteiger partial charge in [-0.1, -0.05) is 25.3 Å². The number of benzene rings is 1. The van der Waals surface area contributed by atoms with Crippen LogP contribution in [0.25, 0.3) is 0 Å². The van der Waals surface area contributed by atoms with E-state index in [-0.39, 0.29) is 0 Å². The zero-order chi connectivity index (χ0) is 14.5. The van der Waals surface area contributed by atoms with E-state index in [1.165, 1.54) is 62.1 Å². The van der Waals surface area contributed by atoms with Crippen LogP contribution >= 0.6 is 11.8 Å². The Bertz CT molecular complexity index is 443. The van der Waals surface area contributed by atoms with Crippen LogP contribution in [0, 0.1) is 5.92 Å². The average Bonchev–Trinajstić information content (AvgIpc) is 2.56. The molecule has 1 saturated heterocycles. The van der Waals surface area contributed by atoms with Gasteiger partial charge in [-0.2, -0.15) is 0 Å². The minimum atomic E-state index is 0.645. The first kappa shape index (κ1) is 15.2. The summed E-state index contributed by atoms with van der Waals surface area (Å²) in [7, 11) is 0. The van der Waals surface area contributed by atoms with Crippen LogP contribution in [0.3, 0.4) is 0 Å². The van der Waals surface area contributed by atoms with Crippen LogP contribution in [0.15, 0.2) is 29.2 Å². The number of thioether (sulfide) groups is 1. The quantitative estimate of drug-likeness (QED) is 0.800. The van der Waals surface area contributed by atoms with Gasteiger partial charge in [-0.05, 0) is 62.6 Å². The second-order valence-electron chi connectivity index (χ2n) is 6.49. The van der Waals surface area contributed by atoms with E-state index in [0.29, 0.717) is 6.04 Å². The molecule has 1 aromatic carbocycles. The molecule has 2 aliphatic rings. The Hall–Kier alpha value is -0.670. The molecule has 3 rings (SSSR count). The van der Waals surface area contributed by atoms with Gasteiger partial charge in [-0.25, -0.2) is 0 Å². The molecule has 116 valence electrons. The second-order valence-corrected chi connectivity index (χ2v) is 7.37. The van der Waals surface area contributed by atoms with Crippen molar-refractivity contribution in [3.05, 3.63) is 24.3 Å². The number of hydrogen-bond acceptors (Lipinski definition) is 3. The van der Waals surface area contributed by atoms with Crippen molar-refractivity contribution in [2.45, 2.75) is 61.9 Å². The smallest absolute Gasteiger partial charge is 0.0353 e. The molecule has 0 aromatic heterocycles. The van der Waals surface area contributed by atoms with Gasteiger partial charge < -0.3 is 10.6 Å². The Morgan fingerprint density at radius 3 is 2.76 bits per heavy atom. The van der Waals surface area contributed by atoms with Crippen molar-refractivity contribution in [3.8, 4) is 0 Å². The van der Waals surface area contributed by atoms with Gasteiger partial charge in [-0.3, -0.25) is 0 Å². The monoisotopic (exact) mass is 304 g/mol. The maximum atomic E-state index is 3.85. The molecule has 1 aliphatic heterocycles. The molecule has 21 heavy (non-hydrogen) atoms. The lowest BCUT2D eigenvalue weighted by atomic mass is 9.77. The second kappa shape index (κ2) is 7.55. The number of anilines is 1. The molecule has 1 aliphatic carbocycles. The molecule has 1 aromatic rings. The summed E-state index contributed by atoms with van der Waals surface area (Å²) in [6, 6.07) is 10.3. The molecule has 3 atom stereocenters. The van der Waals surface area contributed by atoms with E-state index in [1.807, 2.05) is 11.8 Å². The van der Waals surface area contributed by atoms with Crippen molar-refractivity contribution >= 4 is 17.4 Å². The summed E-state index contributed by atoms with van der Waals surface area (Å²) in [5, 5.41) is 7.63. The predicted octanol–water partition coefficient (Wildman–Crippen LogP) is 4.52. The lowest BCUT2D eigenvalue weighted by Gasteiger charge is -2.40. The van der Waals surface area contributed by atoms with E-state index in [9.17, 15) is 0 Å². The zero-order valence-electron chi connectivity index (χ0n) is 13.1. The normalized spacial score (nSPS) is 30.0. The maximum absolute atomic E-state index is 3.85. The van der Waals surface area contributed by atoms with E-state index in [0.717, 1.165) is 12.0 Å². The summed E-state index contributed by atoms with van der Waals surface area (Å²) in [6.45, 7) is 1.22. The first-order valence-corrected chi connectivity index (χ1v) is 9.73. The highest BCUT2D eigenvalue weighted by Gasteiger charge is 2.32. The van der Waals surface area contributed by atoms with Crippen LogP contribution in [-0.4, -0.2) is 24.9 Å². The summed E-state index contributed by atoms with van der Waals surface area (Å²) < 4.78 is 0. The fraction of sp³-hybridized carbons (Fsp3) is 0.667. The number of nitrogens with one attached hydrogen (secondary N) is 2. The van der Waals surface area contributed by atoms with Crippen LogP contribution in [0.4, 0.5) is 5.69 Å². The van der Waals surface area contributed by atoms with Crippen LogP contribution in [0.2, 0.25) is 0 Å². The van der Waals surface area contributed by atoms with Crippen molar-refractivity contribution in [1.29, 1.82) is 0 Å².